The fourth-order valence-electron chi connectivity index (χ4n) is 4.67. The summed E-state index contributed by atoms with van der Waals surface area (Å²) >= 11 is 2.33. The van der Waals surface area contributed by atoms with Gasteiger partial charge in [0.2, 0.25) is 0 Å². The number of hydrogen-bond acceptors (Lipinski definition) is 3. The van der Waals surface area contributed by atoms with Crippen LogP contribution in [0.1, 0.15) is 23.5 Å². The molecule has 0 N–H and O–H groups in total. The van der Waals surface area contributed by atoms with E-state index in [4.69, 9.17) is 0 Å². The fourth-order valence-corrected chi connectivity index (χ4v) is 5.67. The van der Waals surface area contributed by atoms with E-state index in [1.807, 2.05) is 36.4 Å². The van der Waals surface area contributed by atoms with Crippen molar-refractivity contribution in [2.75, 3.05) is 13.1 Å². The van der Waals surface area contributed by atoms with Crippen molar-refractivity contribution in [3.63, 3.8) is 0 Å². The normalized spacial score (nSPS) is 28.4. The topological polar surface area (TPSA) is 43.4 Å². The van der Waals surface area contributed by atoms with Crippen LogP contribution in [-0.4, -0.2) is 24.0 Å². The second kappa shape index (κ2) is 7.16. The SMILES string of the molecule is O=C([O-])C12CN(Cc3ccccc3)CC1C(I)=CCC2c1ccccc1. The molecule has 1 fully saturated rings. The van der Waals surface area contributed by atoms with Crippen LogP contribution >= 0.6 is 22.6 Å². The highest BCUT2D eigenvalue weighted by molar-refractivity contribution is 14.1. The van der Waals surface area contributed by atoms with Crippen molar-refractivity contribution < 1.29 is 9.90 Å². The number of likely N-dealkylation sites (tertiary alicyclic amines) is 1. The Labute approximate surface area is 167 Å². The molecule has 2 aromatic rings. The summed E-state index contributed by atoms with van der Waals surface area (Å²) < 4.78 is 1.16. The van der Waals surface area contributed by atoms with Crippen LogP contribution in [0.4, 0.5) is 0 Å². The summed E-state index contributed by atoms with van der Waals surface area (Å²) in [5.41, 5.74) is 1.46. The van der Waals surface area contributed by atoms with Gasteiger partial charge in [-0.3, -0.25) is 4.90 Å². The minimum absolute atomic E-state index is 0.00392. The summed E-state index contributed by atoms with van der Waals surface area (Å²) in [6.45, 7) is 2.08. The predicted molar refractivity (Wildman–Crippen MR) is 109 cm³/mol. The van der Waals surface area contributed by atoms with E-state index >= 15 is 0 Å². The van der Waals surface area contributed by atoms with Crippen molar-refractivity contribution in [2.45, 2.75) is 18.9 Å². The molecule has 4 rings (SSSR count). The van der Waals surface area contributed by atoms with E-state index in [2.05, 4.69) is 57.8 Å². The van der Waals surface area contributed by atoms with Gasteiger partial charge in [-0.15, -0.1) is 0 Å². The maximum atomic E-state index is 12.5. The molecule has 2 aromatic carbocycles. The maximum Gasteiger partial charge on any atom is 0.0502 e. The van der Waals surface area contributed by atoms with Crippen molar-refractivity contribution in [2.24, 2.45) is 11.3 Å². The molecule has 134 valence electrons. The van der Waals surface area contributed by atoms with Crippen molar-refractivity contribution in [3.05, 3.63) is 81.4 Å². The van der Waals surface area contributed by atoms with Crippen molar-refractivity contribution in [1.82, 2.24) is 4.90 Å². The predicted octanol–water partition coefficient (Wildman–Crippen LogP) is 3.36. The molecule has 1 heterocycles. The van der Waals surface area contributed by atoms with E-state index < -0.39 is 11.4 Å². The van der Waals surface area contributed by atoms with Crippen LogP contribution in [0.15, 0.2) is 70.3 Å². The zero-order valence-corrected chi connectivity index (χ0v) is 16.6. The van der Waals surface area contributed by atoms with Gasteiger partial charge >= 0.3 is 0 Å². The third kappa shape index (κ3) is 2.99. The van der Waals surface area contributed by atoms with Gasteiger partial charge in [-0.25, -0.2) is 0 Å². The molecule has 1 aliphatic heterocycles. The minimum Gasteiger partial charge on any atom is -0.549 e. The summed E-state index contributed by atoms with van der Waals surface area (Å²) in [6.07, 6.45) is 2.97. The van der Waals surface area contributed by atoms with Crippen LogP contribution in [0.3, 0.4) is 0 Å². The Balaban J connectivity index is 1.71. The second-order valence-corrected chi connectivity index (χ2v) is 8.57. The lowest BCUT2D eigenvalue weighted by Gasteiger charge is -2.45. The number of carbonyl (C=O) groups is 1. The standard InChI is InChI=1S/C22H22INO2/c23-20-12-11-18(17-9-5-2-6-10-17)22(21(25)26)15-24(14-19(20)22)13-16-7-3-1-4-8-16/h1-10,12,18-19H,11,13-15H2,(H,25,26)/p-1. The molecule has 2 aliphatic rings. The second-order valence-electron chi connectivity index (χ2n) is 7.32. The summed E-state index contributed by atoms with van der Waals surface area (Å²) in [6, 6.07) is 20.3. The Hall–Kier alpha value is -1.66. The summed E-state index contributed by atoms with van der Waals surface area (Å²) in [5, 5.41) is 12.5. The molecule has 0 spiro atoms. The van der Waals surface area contributed by atoms with Gasteiger partial charge in [0.25, 0.3) is 0 Å². The number of fused-ring (bicyclic) bond motifs is 1. The number of carboxylic acid groups (broad SMARTS) is 1. The molecule has 3 nitrogen and oxygen atoms in total. The largest absolute Gasteiger partial charge is 0.549 e. The van der Waals surface area contributed by atoms with Gasteiger partial charge in [-0.05, 0) is 43.7 Å². The Kier molecular flexibility index (Phi) is 4.88. The van der Waals surface area contributed by atoms with E-state index in [1.54, 1.807) is 0 Å². The highest BCUT2D eigenvalue weighted by Crippen LogP contribution is 2.55. The average molecular weight is 458 g/mol. The number of carboxylic acids is 1. The molecule has 3 unspecified atom stereocenters. The monoisotopic (exact) mass is 458 g/mol. The van der Waals surface area contributed by atoms with Crippen molar-refractivity contribution >= 4 is 28.6 Å². The van der Waals surface area contributed by atoms with Crippen LogP contribution in [-0.2, 0) is 11.3 Å². The van der Waals surface area contributed by atoms with E-state index in [-0.39, 0.29) is 11.8 Å². The van der Waals surface area contributed by atoms with Crippen LogP contribution in [0.5, 0.6) is 0 Å². The molecular weight excluding hydrogens is 437 g/mol. The summed E-state index contributed by atoms with van der Waals surface area (Å²) in [5.74, 6) is -0.956. The van der Waals surface area contributed by atoms with Gasteiger partial charge in [0, 0.05) is 36.9 Å². The Bertz CT molecular complexity index is 821. The molecular formula is C22H21INO2-. The van der Waals surface area contributed by atoms with Crippen molar-refractivity contribution in [3.8, 4) is 0 Å². The molecule has 4 heteroatoms. The number of aliphatic carboxylic acids is 1. The summed E-state index contributed by atoms with van der Waals surface area (Å²) in [4.78, 5) is 14.8. The Morgan fingerprint density at radius 1 is 1.08 bits per heavy atom. The molecule has 0 radical (unpaired) electrons. The number of hydrogen-bond donors (Lipinski definition) is 0. The molecule has 1 aliphatic carbocycles. The van der Waals surface area contributed by atoms with Gasteiger partial charge in [0.05, 0.1) is 5.97 Å². The third-order valence-electron chi connectivity index (χ3n) is 5.88. The number of carbonyl (C=O) groups excluding carboxylic acids is 1. The van der Waals surface area contributed by atoms with Crippen LogP contribution in [0.2, 0.25) is 0 Å². The number of nitrogens with zero attached hydrogens (tertiary/aromatic N) is 1. The van der Waals surface area contributed by atoms with Gasteiger partial charge in [-0.1, -0.05) is 66.7 Å². The Morgan fingerprint density at radius 3 is 2.38 bits per heavy atom. The van der Waals surface area contributed by atoms with Crippen LogP contribution in [0.25, 0.3) is 0 Å². The molecule has 0 aromatic heterocycles. The van der Waals surface area contributed by atoms with Gasteiger partial charge in [-0.2, -0.15) is 0 Å². The van der Waals surface area contributed by atoms with E-state index in [0.717, 1.165) is 28.7 Å². The van der Waals surface area contributed by atoms with E-state index in [1.165, 1.54) is 5.56 Å². The van der Waals surface area contributed by atoms with Gasteiger partial charge in [0.1, 0.15) is 0 Å². The zero-order chi connectivity index (χ0) is 18.1. The smallest absolute Gasteiger partial charge is 0.0502 e. The van der Waals surface area contributed by atoms with Gasteiger partial charge < -0.3 is 9.90 Å². The maximum absolute atomic E-state index is 12.5. The molecule has 0 saturated carbocycles. The number of allylic oxidation sites excluding steroid dienone is 1. The lowest BCUT2D eigenvalue weighted by Crippen LogP contribution is -2.52. The first-order chi connectivity index (χ1) is 12.6. The molecule has 3 atom stereocenters. The van der Waals surface area contributed by atoms with E-state index in [9.17, 15) is 9.90 Å². The fraction of sp³-hybridized carbons (Fsp3) is 0.318. The first-order valence-corrected chi connectivity index (χ1v) is 10.1. The first kappa shape index (κ1) is 17.7. The quantitative estimate of drug-likeness (QED) is 0.661. The highest BCUT2D eigenvalue weighted by Gasteiger charge is 2.55. The number of rotatable bonds is 4. The molecule has 0 bridgehead atoms. The van der Waals surface area contributed by atoms with Gasteiger partial charge in [0.15, 0.2) is 0 Å². The molecule has 1 saturated heterocycles. The zero-order valence-electron chi connectivity index (χ0n) is 14.5. The number of benzene rings is 2. The Morgan fingerprint density at radius 2 is 1.73 bits per heavy atom. The van der Waals surface area contributed by atoms with Crippen molar-refractivity contribution in [1.29, 1.82) is 0 Å². The highest BCUT2D eigenvalue weighted by atomic mass is 127. The molecule has 0 amide bonds. The van der Waals surface area contributed by atoms with E-state index in [0.29, 0.717) is 6.54 Å². The average Bonchev–Trinajstić information content (AvgIpc) is 3.05. The van der Waals surface area contributed by atoms with Crippen LogP contribution in [0, 0.1) is 11.3 Å². The van der Waals surface area contributed by atoms with Crippen LogP contribution < -0.4 is 5.11 Å². The lowest BCUT2D eigenvalue weighted by atomic mass is 9.62. The lowest BCUT2D eigenvalue weighted by molar-refractivity contribution is -0.321. The third-order valence-corrected chi connectivity index (χ3v) is 7.07. The minimum atomic E-state index is -0.908. The first-order valence-electron chi connectivity index (χ1n) is 8.99. The molecule has 26 heavy (non-hydrogen) atoms. The summed E-state index contributed by atoms with van der Waals surface area (Å²) in [7, 11) is 0. The number of halogens is 1.